The molecule has 0 aliphatic heterocycles. The van der Waals surface area contributed by atoms with Crippen molar-refractivity contribution < 1.29 is 4.79 Å². The molecular weight excluding hydrogens is 363 g/mol. The van der Waals surface area contributed by atoms with E-state index in [0.717, 1.165) is 16.3 Å². The zero-order chi connectivity index (χ0) is 13.1. The molecule has 4 nitrogen and oxygen atoms in total. The van der Waals surface area contributed by atoms with Crippen molar-refractivity contribution in [2.75, 3.05) is 0 Å². The SMILES string of the molecule is Cc1cc(=O)c(CNC(=O)I)c(-c2cccs2)[nH]1. The van der Waals surface area contributed by atoms with E-state index in [9.17, 15) is 9.59 Å². The Morgan fingerprint density at radius 3 is 2.94 bits per heavy atom. The van der Waals surface area contributed by atoms with Gasteiger partial charge in [-0.2, -0.15) is 0 Å². The highest BCUT2D eigenvalue weighted by Gasteiger charge is 2.11. The monoisotopic (exact) mass is 374 g/mol. The third kappa shape index (κ3) is 2.99. The number of amides is 1. The number of hydrogen-bond acceptors (Lipinski definition) is 3. The van der Waals surface area contributed by atoms with Crippen molar-refractivity contribution in [2.24, 2.45) is 0 Å². The Hall–Kier alpha value is -1.15. The highest BCUT2D eigenvalue weighted by molar-refractivity contribution is 14.1. The van der Waals surface area contributed by atoms with Gasteiger partial charge in [0.15, 0.2) is 5.43 Å². The lowest BCUT2D eigenvalue weighted by atomic mass is 10.1. The molecule has 94 valence electrons. The molecule has 0 aliphatic carbocycles. The maximum Gasteiger partial charge on any atom is 0.280 e. The Morgan fingerprint density at radius 2 is 2.33 bits per heavy atom. The van der Waals surface area contributed by atoms with Crippen molar-refractivity contribution in [3.8, 4) is 10.6 Å². The van der Waals surface area contributed by atoms with Crippen molar-refractivity contribution >= 4 is 37.8 Å². The van der Waals surface area contributed by atoms with Crippen LogP contribution in [0.1, 0.15) is 11.3 Å². The minimum atomic E-state index is -0.176. The number of H-pyrrole nitrogens is 1. The summed E-state index contributed by atoms with van der Waals surface area (Å²) < 4.78 is -0.176. The van der Waals surface area contributed by atoms with Gasteiger partial charge in [0.05, 0.1) is 10.6 Å². The molecule has 6 heteroatoms. The summed E-state index contributed by atoms with van der Waals surface area (Å²) in [5, 5.41) is 4.61. The number of rotatable bonds is 3. The average molecular weight is 374 g/mol. The smallest absolute Gasteiger partial charge is 0.280 e. The number of carbonyl (C=O) groups is 1. The molecule has 0 radical (unpaired) electrons. The van der Waals surface area contributed by atoms with E-state index in [2.05, 4.69) is 10.3 Å². The Labute approximate surface area is 122 Å². The number of nitrogens with one attached hydrogen (secondary N) is 2. The fourth-order valence-corrected chi connectivity index (χ4v) is 2.62. The summed E-state index contributed by atoms with van der Waals surface area (Å²) in [5.41, 5.74) is 2.14. The third-order valence-corrected chi connectivity index (χ3v) is 3.71. The highest BCUT2D eigenvalue weighted by Crippen LogP contribution is 2.24. The second-order valence-corrected chi connectivity index (χ2v) is 5.70. The van der Waals surface area contributed by atoms with Crippen LogP contribution >= 0.6 is 33.9 Å². The molecule has 2 N–H and O–H groups in total. The molecule has 18 heavy (non-hydrogen) atoms. The number of hydrogen-bond donors (Lipinski definition) is 2. The zero-order valence-electron chi connectivity index (χ0n) is 9.62. The second-order valence-electron chi connectivity index (χ2n) is 3.77. The predicted molar refractivity (Wildman–Crippen MR) is 81.4 cm³/mol. The van der Waals surface area contributed by atoms with Crippen LogP contribution in [-0.4, -0.2) is 8.90 Å². The molecule has 0 aliphatic rings. The summed E-state index contributed by atoms with van der Waals surface area (Å²) in [6.07, 6.45) is 0. The normalized spacial score (nSPS) is 10.3. The Kier molecular flexibility index (Phi) is 4.18. The summed E-state index contributed by atoms with van der Waals surface area (Å²) >= 11 is 3.21. The van der Waals surface area contributed by atoms with Gasteiger partial charge in [-0.15, -0.1) is 11.3 Å². The first kappa shape index (κ1) is 13.3. The van der Waals surface area contributed by atoms with E-state index in [-0.39, 0.29) is 15.9 Å². The van der Waals surface area contributed by atoms with Crippen LogP contribution in [0.5, 0.6) is 0 Å². The number of aryl methyl sites for hydroxylation is 1. The van der Waals surface area contributed by atoms with Gasteiger partial charge in [0.1, 0.15) is 0 Å². The molecule has 0 saturated heterocycles. The first-order valence-corrected chi connectivity index (χ1v) is 7.24. The first-order valence-electron chi connectivity index (χ1n) is 5.28. The van der Waals surface area contributed by atoms with E-state index in [1.807, 2.05) is 24.4 Å². The number of thiophene rings is 1. The van der Waals surface area contributed by atoms with Crippen LogP contribution in [0, 0.1) is 6.92 Å². The largest absolute Gasteiger partial charge is 0.357 e. The van der Waals surface area contributed by atoms with Crippen molar-refractivity contribution in [1.29, 1.82) is 0 Å². The van der Waals surface area contributed by atoms with Crippen LogP contribution in [0.4, 0.5) is 4.79 Å². The highest BCUT2D eigenvalue weighted by atomic mass is 127. The summed E-state index contributed by atoms with van der Waals surface area (Å²) in [6.45, 7) is 2.09. The van der Waals surface area contributed by atoms with Gasteiger partial charge in [-0.25, -0.2) is 0 Å². The van der Waals surface area contributed by atoms with Gasteiger partial charge >= 0.3 is 0 Å². The van der Waals surface area contributed by atoms with Crippen molar-refractivity contribution in [1.82, 2.24) is 10.3 Å². The molecule has 2 aromatic rings. The molecule has 2 aromatic heterocycles. The molecule has 0 fully saturated rings. The van der Waals surface area contributed by atoms with Crippen molar-refractivity contribution in [3.63, 3.8) is 0 Å². The van der Waals surface area contributed by atoms with Crippen molar-refractivity contribution in [3.05, 3.63) is 45.1 Å². The molecular formula is C12H11IN2O2S. The molecule has 0 aromatic carbocycles. The Morgan fingerprint density at radius 1 is 1.56 bits per heavy atom. The minimum absolute atomic E-state index is 0.0557. The number of aromatic amines is 1. The molecule has 0 unspecified atom stereocenters. The maximum atomic E-state index is 12.0. The van der Waals surface area contributed by atoms with Gasteiger partial charge in [0.25, 0.3) is 3.91 Å². The van der Waals surface area contributed by atoms with Crippen LogP contribution in [0.2, 0.25) is 0 Å². The second kappa shape index (κ2) is 5.66. The molecule has 2 rings (SSSR count). The maximum absolute atomic E-state index is 12.0. The molecule has 0 saturated carbocycles. The summed E-state index contributed by atoms with van der Waals surface area (Å²) in [5.74, 6) is 0. The standard InChI is InChI=1S/C12H11IN2O2S/c1-7-5-9(16)8(6-14-12(13)17)11(15-7)10-3-2-4-18-10/h2-5H,6H2,1H3,(H,14,17)(H,15,16). The quantitative estimate of drug-likeness (QED) is 0.493. The van der Waals surface area contributed by atoms with Crippen molar-refractivity contribution in [2.45, 2.75) is 13.5 Å². The Balaban J connectivity index is 2.49. The van der Waals surface area contributed by atoms with Crippen LogP contribution in [0.25, 0.3) is 10.6 Å². The van der Waals surface area contributed by atoms with Crippen LogP contribution in [0.15, 0.2) is 28.4 Å². The van der Waals surface area contributed by atoms with Crippen LogP contribution < -0.4 is 10.7 Å². The minimum Gasteiger partial charge on any atom is -0.357 e. The summed E-state index contributed by atoms with van der Waals surface area (Å²) in [4.78, 5) is 27.2. The molecule has 0 atom stereocenters. The van der Waals surface area contributed by atoms with Gasteiger partial charge < -0.3 is 10.3 Å². The lowest BCUT2D eigenvalue weighted by Gasteiger charge is -2.09. The molecule has 0 bridgehead atoms. The first-order chi connectivity index (χ1) is 8.58. The fourth-order valence-electron chi connectivity index (χ4n) is 1.68. The molecule has 1 amide bonds. The van der Waals surface area contributed by atoms with E-state index in [0.29, 0.717) is 5.56 Å². The van der Waals surface area contributed by atoms with Gasteiger partial charge in [-0.05, 0) is 18.4 Å². The van der Waals surface area contributed by atoms with E-state index in [1.54, 1.807) is 40.0 Å². The van der Waals surface area contributed by atoms with Gasteiger partial charge in [-0.3, -0.25) is 9.59 Å². The predicted octanol–water partition coefficient (Wildman–Crippen LogP) is 3.06. The topological polar surface area (TPSA) is 62.0 Å². The van der Waals surface area contributed by atoms with E-state index >= 15 is 0 Å². The Bertz CT molecular complexity index is 620. The fraction of sp³-hybridized carbons (Fsp3) is 0.167. The zero-order valence-corrected chi connectivity index (χ0v) is 12.6. The number of carbonyl (C=O) groups excluding carboxylic acids is 1. The lowest BCUT2D eigenvalue weighted by molar-refractivity contribution is 0.262. The van der Waals surface area contributed by atoms with Gasteiger partial charge in [0.2, 0.25) is 0 Å². The summed E-state index contributed by atoms with van der Waals surface area (Å²) in [6, 6.07) is 5.43. The molecule has 0 spiro atoms. The van der Waals surface area contributed by atoms with E-state index in [1.165, 1.54) is 0 Å². The number of aromatic nitrogens is 1. The van der Waals surface area contributed by atoms with Crippen LogP contribution in [-0.2, 0) is 6.54 Å². The van der Waals surface area contributed by atoms with Gasteiger partial charge in [0, 0.05) is 46.5 Å². The number of pyridine rings is 1. The molecule has 2 heterocycles. The lowest BCUT2D eigenvalue weighted by Crippen LogP contribution is -2.22. The summed E-state index contributed by atoms with van der Waals surface area (Å²) in [7, 11) is 0. The van der Waals surface area contributed by atoms with Gasteiger partial charge in [-0.1, -0.05) is 6.07 Å². The van der Waals surface area contributed by atoms with E-state index in [4.69, 9.17) is 0 Å². The van der Waals surface area contributed by atoms with E-state index < -0.39 is 0 Å². The van der Waals surface area contributed by atoms with Crippen LogP contribution in [0.3, 0.4) is 0 Å². The average Bonchev–Trinajstić information content (AvgIpc) is 2.79. The third-order valence-electron chi connectivity index (χ3n) is 2.44. The number of halogens is 1.